The predicted molar refractivity (Wildman–Crippen MR) is 85.0 cm³/mol. The maximum absolute atomic E-state index is 13.1. The predicted octanol–water partition coefficient (Wildman–Crippen LogP) is 2.13. The third-order valence-corrected chi connectivity index (χ3v) is 4.88. The number of hydrogen-bond donors (Lipinski definition) is 0. The number of carbonyl (C=O) groups is 1. The molecule has 0 aliphatic carbocycles. The van der Waals surface area contributed by atoms with Crippen molar-refractivity contribution in [2.24, 2.45) is 0 Å². The van der Waals surface area contributed by atoms with Crippen molar-refractivity contribution in [2.75, 3.05) is 29.9 Å². The third-order valence-electron chi connectivity index (χ3n) is 4.88. The van der Waals surface area contributed by atoms with E-state index < -0.39 is 11.2 Å². The number of hydrogen-bond acceptors (Lipinski definition) is 4. The van der Waals surface area contributed by atoms with E-state index in [9.17, 15) is 9.18 Å². The molecule has 1 saturated heterocycles. The molecule has 1 amide bonds. The number of rotatable bonds is 1. The first-order valence-electron chi connectivity index (χ1n) is 7.72. The first-order chi connectivity index (χ1) is 11.1. The van der Waals surface area contributed by atoms with Crippen LogP contribution in [0.5, 0.6) is 0 Å². The average Bonchev–Trinajstić information content (AvgIpc) is 2.79. The van der Waals surface area contributed by atoms with Crippen molar-refractivity contribution in [3.63, 3.8) is 0 Å². The van der Waals surface area contributed by atoms with Gasteiger partial charge in [0.1, 0.15) is 0 Å². The maximum Gasteiger partial charge on any atom is 0.239 e. The van der Waals surface area contributed by atoms with Crippen molar-refractivity contribution < 1.29 is 9.18 Å². The van der Waals surface area contributed by atoms with E-state index in [1.54, 1.807) is 4.90 Å². The second-order valence-electron chi connectivity index (χ2n) is 6.19. The quantitative estimate of drug-likeness (QED) is 0.809. The first kappa shape index (κ1) is 14.1. The summed E-state index contributed by atoms with van der Waals surface area (Å²) in [5.41, 5.74) is 1.49. The van der Waals surface area contributed by atoms with Crippen molar-refractivity contribution in [3.8, 4) is 0 Å². The zero-order valence-corrected chi connectivity index (χ0v) is 12.9. The molecule has 2 aromatic rings. The standard InChI is InChI=1S/C17H17FN4O/c1-21-14-6-3-2-5-13(14)17(15(21)23)7-4-8-22(11-17)16-19-9-12(18)10-20-16/h2-3,5-6,9-10H,4,7-8,11H2,1H3/t17-/m0/s1. The summed E-state index contributed by atoms with van der Waals surface area (Å²) in [6, 6.07) is 7.94. The van der Waals surface area contributed by atoms with Gasteiger partial charge in [-0.25, -0.2) is 14.4 Å². The summed E-state index contributed by atoms with van der Waals surface area (Å²) < 4.78 is 13.1. The van der Waals surface area contributed by atoms with Crippen molar-refractivity contribution in [3.05, 3.63) is 48.0 Å². The smallest absolute Gasteiger partial charge is 0.239 e. The molecule has 1 aromatic carbocycles. The van der Waals surface area contributed by atoms with Crippen LogP contribution in [0.4, 0.5) is 16.0 Å². The van der Waals surface area contributed by atoms with Crippen LogP contribution in [0.25, 0.3) is 0 Å². The Bertz CT molecular complexity index is 763. The second kappa shape index (κ2) is 5.01. The molecule has 118 valence electrons. The van der Waals surface area contributed by atoms with E-state index in [2.05, 4.69) is 9.97 Å². The van der Waals surface area contributed by atoms with E-state index in [0.29, 0.717) is 12.5 Å². The van der Waals surface area contributed by atoms with Crippen LogP contribution in [0.2, 0.25) is 0 Å². The monoisotopic (exact) mass is 312 g/mol. The molecule has 6 heteroatoms. The van der Waals surface area contributed by atoms with Crippen LogP contribution >= 0.6 is 0 Å². The fraction of sp³-hybridized carbons (Fsp3) is 0.353. The molecule has 0 saturated carbocycles. The number of carbonyl (C=O) groups excluding carboxylic acids is 1. The largest absolute Gasteiger partial charge is 0.339 e. The van der Waals surface area contributed by atoms with Gasteiger partial charge in [-0.1, -0.05) is 18.2 Å². The molecule has 1 spiro atoms. The number of aromatic nitrogens is 2. The summed E-state index contributed by atoms with van der Waals surface area (Å²) in [5.74, 6) is 0.137. The molecule has 0 bridgehead atoms. The van der Waals surface area contributed by atoms with E-state index in [1.165, 1.54) is 12.4 Å². The van der Waals surface area contributed by atoms with Crippen molar-refractivity contribution in [1.82, 2.24) is 9.97 Å². The highest BCUT2D eigenvalue weighted by atomic mass is 19.1. The molecule has 3 heterocycles. The number of para-hydroxylation sites is 1. The van der Waals surface area contributed by atoms with Gasteiger partial charge in [0.15, 0.2) is 5.82 Å². The lowest BCUT2D eigenvalue weighted by atomic mass is 9.75. The number of nitrogens with zero attached hydrogens (tertiary/aromatic N) is 4. The van der Waals surface area contributed by atoms with Crippen molar-refractivity contribution >= 4 is 17.5 Å². The van der Waals surface area contributed by atoms with Gasteiger partial charge in [0.25, 0.3) is 0 Å². The van der Waals surface area contributed by atoms with E-state index in [-0.39, 0.29) is 5.91 Å². The molecule has 4 rings (SSSR count). The molecule has 1 atom stereocenters. The van der Waals surface area contributed by atoms with E-state index in [1.807, 2.05) is 36.2 Å². The number of amides is 1. The lowest BCUT2D eigenvalue weighted by Crippen LogP contribution is -2.52. The molecule has 1 aromatic heterocycles. The second-order valence-corrected chi connectivity index (χ2v) is 6.19. The highest BCUT2D eigenvalue weighted by Gasteiger charge is 2.51. The van der Waals surface area contributed by atoms with Crippen LogP contribution < -0.4 is 9.80 Å². The highest BCUT2D eigenvalue weighted by molar-refractivity contribution is 6.08. The SMILES string of the molecule is CN1C(=O)[C@]2(CCCN(c3ncc(F)cn3)C2)c2ccccc21. The molecule has 0 unspecified atom stereocenters. The summed E-state index contributed by atoms with van der Waals surface area (Å²) in [4.78, 5) is 24.8. The molecule has 23 heavy (non-hydrogen) atoms. The Hall–Kier alpha value is -2.50. The summed E-state index contributed by atoms with van der Waals surface area (Å²) in [6.07, 6.45) is 4.01. The summed E-state index contributed by atoms with van der Waals surface area (Å²) in [6.45, 7) is 1.30. The minimum Gasteiger partial charge on any atom is -0.339 e. The molecule has 0 radical (unpaired) electrons. The number of piperidine rings is 1. The van der Waals surface area contributed by atoms with E-state index >= 15 is 0 Å². The molecular formula is C17H17FN4O. The normalized spacial score (nSPS) is 23.5. The Morgan fingerprint density at radius 2 is 1.96 bits per heavy atom. The fourth-order valence-corrected chi connectivity index (χ4v) is 3.81. The molecule has 2 aliphatic heterocycles. The van der Waals surface area contributed by atoms with Crippen molar-refractivity contribution in [1.29, 1.82) is 0 Å². The lowest BCUT2D eigenvalue weighted by molar-refractivity contribution is -0.123. The van der Waals surface area contributed by atoms with Crippen LogP contribution in [0, 0.1) is 5.82 Å². The Balaban J connectivity index is 1.74. The van der Waals surface area contributed by atoms with Gasteiger partial charge in [-0.05, 0) is 24.5 Å². The lowest BCUT2D eigenvalue weighted by Gasteiger charge is -2.39. The Morgan fingerprint density at radius 1 is 1.22 bits per heavy atom. The molecule has 5 nitrogen and oxygen atoms in total. The van der Waals surface area contributed by atoms with Crippen LogP contribution in [0.3, 0.4) is 0 Å². The number of fused-ring (bicyclic) bond motifs is 2. The first-order valence-corrected chi connectivity index (χ1v) is 7.72. The molecular weight excluding hydrogens is 295 g/mol. The van der Waals surface area contributed by atoms with Gasteiger partial charge in [-0.3, -0.25) is 4.79 Å². The summed E-state index contributed by atoms with van der Waals surface area (Å²) in [7, 11) is 1.82. The third kappa shape index (κ3) is 2.01. The van der Waals surface area contributed by atoms with Gasteiger partial charge in [0.2, 0.25) is 11.9 Å². The summed E-state index contributed by atoms with van der Waals surface area (Å²) >= 11 is 0. The van der Waals surface area contributed by atoms with Crippen molar-refractivity contribution in [2.45, 2.75) is 18.3 Å². The van der Waals surface area contributed by atoms with Gasteiger partial charge in [-0.15, -0.1) is 0 Å². The zero-order valence-electron chi connectivity index (χ0n) is 12.9. The summed E-state index contributed by atoms with van der Waals surface area (Å²) in [5, 5.41) is 0. The highest BCUT2D eigenvalue weighted by Crippen LogP contribution is 2.46. The zero-order chi connectivity index (χ0) is 16.0. The van der Waals surface area contributed by atoms with Gasteiger partial charge in [-0.2, -0.15) is 0 Å². The average molecular weight is 312 g/mol. The van der Waals surface area contributed by atoms with E-state index in [4.69, 9.17) is 0 Å². The fourth-order valence-electron chi connectivity index (χ4n) is 3.81. The minimum absolute atomic E-state index is 0.116. The molecule has 1 fully saturated rings. The molecule has 2 aliphatic rings. The number of benzene rings is 1. The van der Waals surface area contributed by atoms with Crippen LogP contribution in [-0.2, 0) is 10.2 Å². The van der Waals surface area contributed by atoms with Gasteiger partial charge in [0, 0.05) is 25.8 Å². The number of likely N-dealkylation sites (N-methyl/N-ethyl adjacent to an activating group) is 1. The Kier molecular flexibility index (Phi) is 3.07. The number of halogens is 1. The number of anilines is 2. The van der Waals surface area contributed by atoms with Gasteiger partial charge >= 0.3 is 0 Å². The van der Waals surface area contributed by atoms with E-state index in [0.717, 1.165) is 30.6 Å². The van der Waals surface area contributed by atoms with Gasteiger partial charge in [0.05, 0.1) is 17.8 Å². The maximum atomic E-state index is 13.1. The minimum atomic E-state index is -0.554. The molecule has 0 N–H and O–H groups in total. The Labute approximate surface area is 133 Å². The van der Waals surface area contributed by atoms with Crippen LogP contribution in [0.1, 0.15) is 18.4 Å². The van der Waals surface area contributed by atoms with Gasteiger partial charge < -0.3 is 9.80 Å². The van der Waals surface area contributed by atoms with Crippen LogP contribution in [0.15, 0.2) is 36.7 Å². The topological polar surface area (TPSA) is 49.3 Å². The van der Waals surface area contributed by atoms with Crippen LogP contribution in [-0.4, -0.2) is 36.0 Å². The Morgan fingerprint density at radius 3 is 2.74 bits per heavy atom.